The lowest BCUT2D eigenvalue weighted by Gasteiger charge is -2.23. The number of nitrogens with two attached hydrogens (primary N) is 1. The highest BCUT2D eigenvalue weighted by Gasteiger charge is 2.16. The molecule has 0 atom stereocenters. The van der Waals surface area contributed by atoms with Crippen molar-refractivity contribution in [1.29, 1.82) is 0 Å². The minimum Gasteiger partial charge on any atom is -0.367 e. The van der Waals surface area contributed by atoms with Crippen molar-refractivity contribution in [2.75, 3.05) is 24.7 Å². The summed E-state index contributed by atoms with van der Waals surface area (Å²) in [6.07, 6.45) is 9.23. The smallest absolute Gasteiger partial charge is 0.162 e. The Kier molecular flexibility index (Phi) is 11.3. The summed E-state index contributed by atoms with van der Waals surface area (Å²) in [6, 6.07) is 11.0. The molecule has 3 aromatic rings. The number of anilines is 3. The van der Waals surface area contributed by atoms with Crippen LogP contribution in [0.3, 0.4) is 0 Å². The molecule has 0 radical (unpaired) electrons. The predicted octanol–water partition coefficient (Wildman–Crippen LogP) is 5.61. The van der Waals surface area contributed by atoms with Crippen LogP contribution in [0.5, 0.6) is 0 Å². The zero-order chi connectivity index (χ0) is 23.3. The molecule has 0 unspecified atom stereocenters. The van der Waals surface area contributed by atoms with Gasteiger partial charge in [-0.15, -0.1) is 0 Å². The van der Waals surface area contributed by atoms with Crippen molar-refractivity contribution in [3.63, 3.8) is 0 Å². The molecule has 5 N–H and O–H groups in total. The molecule has 1 saturated carbocycles. The van der Waals surface area contributed by atoms with Crippen LogP contribution in [-0.4, -0.2) is 34.7 Å². The molecule has 32 heavy (non-hydrogen) atoms. The quantitative estimate of drug-likeness (QED) is 0.343. The fourth-order valence-electron chi connectivity index (χ4n) is 3.75. The molecule has 176 valence electrons. The van der Waals surface area contributed by atoms with Gasteiger partial charge in [0.25, 0.3) is 0 Å². The van der Waals surface area contributed by atoms with Crippen molar-refractivity contribution in [2.24, 2.45) is 5.73 Å². The Balaban J connectivity index is 0.000000860. The van der Waals surface area contributed by atoms with E-state index in [1.807, 2.05) is 31.6 Å². The minimum atomic E-state index is 0.516. The van der Waals surface area contributed by atoms with Crippen molar-refractivity contribution < 1.29 is 0 Å². The number of fused-ring (bicyclic) bond motifs is 1. The lowest BCUT2D eigenvalue weighted by Crippen LogP contribution is -2.23. The van der Waals surface area contributed by atoms with E-state index in [1.165, 1.54) is 44.0 Å². The first-order valence-corrected chi connectivity index (χ1v) is 12.5. The van der Waals surface area contributed by atoms with E-state index in [0.29, 0.717) is 6.04 Å². The lowest BCUT2D eigenvalue weighted by molar-refractivity contribution is 0.462. The average Bonchev–Trinajstić information content (AvgIpc) is 3.27. The molecule has 8 heteroatoms. The van der Waals surface area contributed by atoms with Gasteiger partial charge in [-0.3, -0.25) is 4.72 Å². The highest BCUT2D eigenvalue weighted by atomic mass is 32.2. The standard InChI is InChI=1S/C21H28N6S.C2H6.CH5N/c1-3-15-14-23-27-20(25-17-9-11-18(12-10-17)28-22-2)13-19(26-21(15)27)24-16-7-5-4-6-8-16;2*1-2/h9-14,16,22,25H,3-8H2,1-2H3,(H,24,26);1-2H3;2H2,1H3. The third-order valence-electron chi connectivity index (χ3n) is 5.23. The second-order valence-corrected chi connectivity index (χ2v) is 8.30. The fourth-order valence-corrected chi connectivity index (χ4v) is 4.26. The normalized spacial score (nSPS) is 13.6. The van der Waals surface area contributed by atoms with Gasteiger partial charge in [0.05, 0.1) is 6.20 Å². The zero-order valence-electron chi connectivity index (χ0n) is 20.1. The Morgan fingerprint density at radius 2 is 1.78 bits per heavy atom. The number of rotatable bonds is 7. The topological polar surface area (TPSA) is 92.3 Å². The Hall–Kier alpha value is -2.29. The summed E-state index contributed by atoms with van der Waals surface area (Å²) in [5, 5.41) is 11.8. The van der Waals surface area contributed by atoms with Gasteiger partial charge in [-0.1, -0.05) is 40.0 Å². The van der Waals surface area contributed by atoms with E-state index in [4.69, 9.17) is 4.98 Å². The number of aryl methyl sites for hydroxylation is 1. The highest BCUT2D eigenvalue weighted by molar-refractivity contribution is 7.97. The minimum absolute atomic E-state index is 0.516. The number of aromatic nitrogens is 3. The van der Waals surface area contributed by atoms with Gasteiger partial charge in [0.2, 0.25) is 0 Å². The summed E-state index contributed by atoms with van der Waals surface area (Å²) in [5.74, 6) is 1.86. The molecule has 1 aliphatic rings. The Labute approximate surface area is 197 Å². The van der Waals surface area contributed by atoms with Gasteiger partial charge in [-0.2, -0.15) is 9.61 Å². The number of hydrogen-bond acceptors (Lipinski definition) is 7. The van der Waals surface area contributed by atoms with Gasteiger partial charge >= 0.3 is 0 Å². The second-order valence-electron chi connectivity index (χ2n) is 7.22. The predicted molar refractivity (Wildman–Crippen MR) is 139 cm³/mol. The first-order valence-electron chi connectivity index (χ1n) is 11.7. The van der Waals surface area contributed by atoms with E-state index in [2.05, 4.69) is 63.4 Å². The summed E-state index contributed by atoms with van der Waals surface area (Å²) in [4.78, 5) is 6.06. The molecule has 0 amide bonds. The van der Waals surface area contributed by atoms with Crippen LogP contribution in [-0.2, 0) is 6.42 Å². The molecule has 0 aliphatic heterocycles. The van der Waals surface area contributed by atoms with Gasteiger partial charge in [0.1, 0.15) is 11.6 Å². The third-order valence-corrected chi connectivity index (χ3v) is 5.94. The SMILES string of the molecule is CC.CCc1cnn2c(Nc3ccc(SNC)cc3)cc(NC3CCCCC3)nc12.CN. The first kappa shape index (κ1) is 26.0. The number of hydrogen-bond donors (Lipinski definition) is 4. The maximum absolute atomic E-state index is 4.88. The maximum Gasteiger partial charge on any atom is 0.162 e. The molecule has 1 aliphatic carbocycles. The van der Waals surface area contributed by atoms with Crippen molar-refractivity contribution in [1.82, 2.24) is 19.3 Å². The fraction of sp³-hybridized carbons (Fsp3) is 0.500. The van der Waals surface area contributed by atoms with Gasteiger partial charge in [0, 0.05) is 28.3 Å². The lowest BCUT2D eigenvalue weighted by atomic mass is 9.95. The van der Waals surface area contributed by atoms with Crippen LogP contribution >= 0.6 is 11.9 Å². The summed E-state index contributed by atoms with van der Waals surface area (Å²) in [6.45, 7) is 6.14. The van der Waals surface area contributed by atoms with Crippen LogP contribution in [0.15, 0.2) is 41.4 Å². The summed E-state index contributed by atoms with van der Waals surface area (Å²) < 4.78 is 5.00. The van der Waals surface area contributed by atoms with Crippen LogP contribution in [0.4, 0.5) is 17.3 Å². The Morgan fingerprint density at radius 1 is 1.09 bits per heavy atom. The van der Waals surface area contributed by atoms with E-state index in [-0.39, 0.29) is 0 Å². The summed E-state index contributed by atoms with van der Waals surface area (Å²) in [7, 11) is 3.43. The van der Waals surface area contributed by atoms with E-state index in [1.54, 1.807) is 11.9 Å². The highest BCUT2D eigenvalue weighted by Crippen LogP contribution is 2.26. The van der Waals surface area contributed by atoms with Crippen molar-refractivity contribution in [3.8, 4) is 0 Å². The van der Waals surface area contributed by atoms with Crippen LogP contribution in [0.25, 0.3) is 5.65 Å². The van der Waals surface area contributed by atoms with E-state index in [9.17, 15) is 0 Å². The number of benzene rings is 1. The van der Waals surface area contributed by atoms with Gasteiger partial charge in [-0.05, 0) is 69.6 Å². The van der Waals surface area contributed by atoms with E-state index in [0.717, 1.165) is 35.0 Å². The van der Waals surface area contributed by atoms with Crippen LogP contribution in [0, 0.1) is 0 Å². The Bertz CT molecular complexity index is 918. The second kappa shape index (κ2) is 14.0. The third kappa shape index (κ3) is 6.85. The largest absolute Gasteiger partial charge is 0.367 e. The summed E-state index contributed by atoms with van der Waals surface area (Å²) >= 11 is 1.61. The zero-order valence-corrected chi connectivity index (χ0v) is 20.9. The number of nitrogens with one attached hydrogen (secondary N) is 3. The maximum atomic E-state index is 4.88. The molecule has 0 saturated heterocycles. The molecular formula is C24H39N7S. The molecule has 0 bridgehead atoms. The van der Waals surface area contributed by atoms with Crippen molar-refractivity contribution in [2.45, 2.75) is 70.2 Å². The molecule has 7 nitrogen and oxygen atoms in total. The van der Waals surface area contributed by atoms with E-state index < -0.39 is 0 Å². The van der Waals surface area contributed by atoms with Gasteiger partial charge < -0.3 is 16.4 Å². The van der Waals surface area contributed by atoms with Crippen molar-refractivity contribution >= 4 is 34.9 Å². The monoisotopic (exact) mass is 457 g/mol. The Morgan fingerprint density at radius 3 is 2.41 bits per heavy atom. The molecule has 1 fully saturated rings. The van der Waals surface area contributed by atoms with Crippen LogP contribution in [0.2, 0.25) is 0 Å². The van der Waals surface area contributed by atoms with E-state index >= 15 is 0 Å². The summed E-state index contributed by atoms with van der Waals surface area (Å²) in [5.41, 5.74) is 7.62. The van der Waals surface area contributed by atoms with Crippen LogP contribution in [0.1, 0.15) is 58.4 Å². The van der Waals surface area contributed by atoms with Crippen LogP contribution < -0.4 is 21.1 Å². The molecule has 4 rings (SSSR count). The molecule has 1 aromatic carbocycles. The average molecular weight is 458 g/mol. The number of nitrogens with zero attached hydrogens (tertiary/aromatic N) is 3. The molecule has 0 spiro atoms. The van der Waals surface area contributed by atoms with Gasteiger partial charge in [0.15, 0.2) is 5.65 Å². The molecule has 2 aromatic heterocycles. The van der Waals surface area contributed by atoms with Crippen molar-refractivity contribution in [3.05, 3.63) is 42.1 Å². The molecule has 2 heterocycles. The van der Waals surface area contributed by atoms with Gasteiger partial charge in [-0.25, -0.2) is 4.98 Å². The first-order chi connectivity index (χ1) is 15.8. The molecular weight excluding hydrogens is 418 g/mol.